The Kier molecular flexibility index (Phi) is 8.03. The van der Waals surface area contributed by atoms with Crippen LogP contribution in [-0.2, 0) is 15.1 Å². The fraction of sp³-hybridized carbons (Fsp3) is 0.267. The van der Waals surface area contributed by atoms with Gasteiger partial charge in [0.1, 0.15) is 17.5 Å². The Hall–Kier alpha value is -3.25. The lowest BCUT2D eigenvalue weighted by Crippen LogP contribution is -2.38. The Morgan fingerprint density at radius 3 is 2.08 bits per heavy atom. The molecule has 0 bridgehead atoms. The number of aliphatic hydroxyl groups is 1. The highest BCUT2D eigenvalue weighted by Gasteiger charge is 2.46. The molecule has 5 rings (SSSR count). The van der Waals surface area contributed by atoms with Gasteiger partial charge in [-0.3, -0.25) is 14.3 Å². The Balaban J connectivity index is 1.54. The molecule has 202 valence electrons. The molecule has 0 spiro atoms. The van der Waals surface area contributed by atoms with Crippen molar-refractivity contribution in [1.29, 1.82) is 0 Å². The van der Waals surface area contributed by atoms with Gasteiger partial charge >= 0.3 is 5.69 Å². The lowest BCUT2D eigenvalue weighted by atomic mass is 9.80. The predicted octanol–water partition coefficient (Wildman–Crippen LogP) is 3.92. The summed E-state index contributed by atoms with van der Waals surface area (Å²) in [5.41, 5.74) is 1.00. The number of halogens is 1. The zero-order valence-corrected chi connectivity index (χ0v) is 23.6. The quantitative estimate of drug-likeness (QED) is 0.172. The van der Waals surface area contributed by atoms with E-state index in [1.807, 2.05) is 84.9 Å². The first-order valence-corrected chi connectivity index (χ1v) is 13.8. The maximum Gasteiger partial charge on any atom is 0.330 e. The Bertz CT molecular complexity index is 1480. The number of aryl methyl sites for hydroxylation is 1. The Morgan fingerprint density at radius 2 is 1.51 bits per heavy atom. The van der Waals surface area contributed by atoms with Gasteiger partial charge in [0.05, 0.1) is 23.7 Å². The number of benzene rings is 3. The second kappa shape index (κ2) is 11.5. The third-order valence-corrected chi connectivity index (χ3v) is 8.39. The van der Waals surface area contributed by atoms with Gasteiger partial charge in [-0.2, -0.15) is 0 Å². The van der Waals surface area contributed by atoms with Crippen molar-refractivity contribution >= 4 is 22.6 Å². The van der Waals surface area contributed by atoms with Crippen molar-refractivity contribution in [2.24, 2.45) is 0 Å². The van der Waals surface area contributed by atoms with Crippen LogP contribution in [0.1, 0.15) is 28.5 Å². The minimum Gasteiger partial charge on any atom is -0.497 e. The summed E-state index contributed by atoms with van der Waals surface area (Å²) < 4.78 is 19.3. The third-order valence-electron chi connectivity index (χ3n) is 7.04. The van der Waals surface area contributed by atoms with E-state index in [1.54, 1.807) is 14.0 Å². The molecule has 1 fully saturated rings. The van der Waals surface area contributed by atoms with Gasteiger partial charge in [-0.15, -0.1) is 0 Å². The lowest BCUT2D eigenvalue weighted by Gasteiger charge is -2.37. The molecule has 0 unspecified atom stereocenters. The molecule has 0 amide bonds. The summed E-state index contributed by atoms with van der Waals surface area (Å²) in [5.74, 6) is 0.723. The SMILES string of the molecule is COc1ccc(C(OC[C@H]2O[C@@H](n3cc(C)c(=O)[nH]c3=O)[C@H](I)[C@@H]2O)(c2ccccc2)c2ccccc2)cc1. The van der Waals surface area contributed by atoms with Gasteiger partial charge in [0, 0.05) is 11.8 Å². The maximum absolute atomic E-state index is 12.6. The molecular formula is C30H29IN2O6. The Labute approximate surface area is 239 Å². The van der Waals surface area contributed by atoms with Crippen LogP contribution in [0.15, 0.2) is 101 Å². The van der Waals surface area contributed by atoms with Crippen LogP contribution in [0.4, 0.5) is 0 Å². The smallest absolute Gasteiger partial charge is 0.330 e. The molecule has 4 aromatic rings. The number of H-pyrrole nitrogens is 1. The molecule has 39 heavy (non-hydrogen) atoms. The van der Waals surface area contributed by atoms with E-state index >= 15 is 0 Å². The summed E-state index contributed by atoms with van der Waals surface area (Å²) in [6.07, 6.45) is -0.972. The average molecular weight is 640 g/mol. The molecule has 1 aliphatic heterocycles. The van der Waals surface area contributed by atoms with Crippen molar-refractivity contribution in [3.05, 3.63) is 134 Å². The number of nitrogens with one attached hydrogen (secondary N) is 1. The first-order valence-electron chi connectivity index (χ1n) is 12.5. The topological polar surface area (TPSA) is 103 Å². The van der Waals surface area contributed by atoms with Crippen molar-refractivity contribution in [2.45, 2.75) is 34.9 Å². The number of aromatic amines is 1. The average Bonchev–Trinajstić information content (AvgIpc) is 3.25. The number of alkyl halides is 1. The second-order valence-electron chi connectivity index (χ2n) is 9.43. The molecule has 0 aliphatic carbocycles. The van der Waals surface area contributed by atoms with Crippen LogP contribution in [0.3, 0.4) is 0 Å². The molecular weight excluding hydrogens is 611 g/mol. The lowest BCUT2D eigenvalue weighted by molar-refractivity contribution is -0.0943. The van der Waals surface area contributed by atoms with E-state index in [1.165, 1.54) is 10.8 Å². The van der Waals surface area contributed by atoms with Crippen molar-refractivity contribution in [1.82, 2.24) is 9.55 Å². The molecule has 2 heterocycles. The van der Waals surface area contributed by atoms with E-state index in [2.05, 4.69) is 27.6 Å². The van der Waals surface area contributed by atoms with E-state index in [9.17, 15) is 14.7 Å². The van der Waals surface area contributed by atoms with Crippen LogP contribution in [0.2, 0.25) is 0 Å². The van der Waals surface area contributed by atoms with E-state index in [0.717, 1.165) is 22.4 Å². The van der Waals surface area contributed by atoms with Crippen LogP contribution < -0.4 is 16.0 Å². The highest BCUT2D eigenvalue weighted by atomic mass is 127. The number of hydrogen-bond acceptors (Lipinski definition) is 6. The van der Waals surface area contributed by atoms with Gasteiger partial charge in [-0.1, -0.05) is 95.4 Å². The van der Waals surface area contributed by atoms with Crippen molar-refractivity contribution in [2.75, 3.05) is 13.7 Å². The molecule has 1 aromatic heterocycles. The first kappa shape index (κ1) is 27.3. The molecule has 3 aromatic carbocycles. The monoisotopic (exact) mass is 640 g/mol. The van der Waals surface area contributed by atoms with Gasteiger partial charge in [-0.25, -0.2) is 4.79 Å². The summed E-state index contributed by atoms with van der Waals surface area (Å²) in [5, 5.41) is 11.2. The standard InChI is InChI=1S/C30H29IN2O6/c1-19-17-33(29(36)32-27(19)35)28-25(31)26(34)24(39-28)18-38-30(20-9-5-3-6-10-20,21-11-7-4-8-12-21)22-13-15-23(37-2)16-14-22/h3-17,24-26,28,34H,18H2,1-2H3,(H,32,35,36)/t24-,25-,26-,28-/m1/s1. The van der Waals surface area contributed by atoms with E-state index < -0.39 is 39.2 Å². The van der Waals surface area contributed by atoms with Crippen LogP contribution in [0.5, 0.6) is 5.75 Å². The summed E-state index contributed by atoms with van der Waals surface area (Å²) in [6.45, 7) is 1.65. The number of ether oxygens (including phenoxy) is 3. The summed E-state index contributed by atoms with van der Waals surface area (Å²) in [7, 11) is 1.62. The van der Waals surface area contributed by atoms with Gasteiger partial charge in [0.25, 0.3) is 5.56 Å². The second-order valence-corrected chi connectivity index (χ2v) is 10.9. The van der Waals surface area contributed by atoms with Crippen molar-refractivity contribution < 1.29 is 19.3 Å². The number of methoxy groups -OCH3 is 1. The molecule has 8 nitrogen and oxygen atoms in total. The number of hydrogen-bond donors (Lipinski definition) is 2. The van der Waals surface area contributed by atoms with E-state index in [-0.39, 0.29) is 6.61 Å². The predicted molar refractivity (Wildman–Crippen MR) is 155 cm³/mol. The van der Waals surface area contributed by atoms with Crippen LogP contribution in [0.25, 0.3) is 0 Å². The highest BCUT2D eigenvalue weighted by molar-refractivity contribution is 14.1. The van der Waals surface area contributed by atoms with Crippen LogP contribution in [-0.4, -0.2) is 44.5 Å². The minimum atomic E-state index is -1.03. The zero-order chi connectivity index (χ0) is 27.6. The summed E-state index contributed by atoms with van der Waals surface area (Å²) in [4.78, 5) is 26.8. The van der Waals surface area contributed by atoms with Gasteiger partial charge in [0.2, 0.25) is 0 Å². The maximum atomic E-state index is 12.6. The van der Waals surface area contributed by atoms with Crippen LogP contribution >= 0.6 is 22.6 Å². The molecule has 0 saturated carbocycles. The summed E-state index contributed by atoms with van der Waals surface area (Å²) in [6, 6.07) is 27.5. The zero-order valence-electron chi connectivity index (χ0n) is 21.5. The van der Waals surface area contributed by atoms with E-state index in [0.29, 0.717) is 5.56 Å². The largest absolute Gasteiger partial charge is 0.497 e. The molecule has 1 saturated heterocycles. The third kappa shape index (κ3) is 5.19. The number of aromatic nitrogens is 2. The molecule has 1 aliphatic rings. The van der Waals surface area contributed by atoms with E-state index in [4.69, 9.17) is 14.2 Å². The fourth-order valence-electron chi connectivity index (χ4n) is 4.97. The van der Waals surface area contributed by atoms with Crippen molar-refractivity contribution in [3.63, 3.8) is 0 Å². The number of rotatable bonds is 8. The Morgan fingerprint density at radius 1 is 0.949 bits per heavy atom. The molecule has 9 heteroatoms. The van der Waals surface area contributed by atoms with Gasteiger partial charge in [0.15, 0.2) is 6.23 Å². The molecule has 0 radical (unpaired) electrons. The number of nitrogens with zero attached hydrogens (tertiary/aromatic N) is 1. The van der Waals surface area contributed by atoms with Crippen molar-refractivity contribution in [3.8, 4) is 5.75 Å². The highest BCUT2D eigenvalue weighted by Crippen LogP contribution is 2.42. The summed E-state index contributed by atoms with van der Waals surface area (Å²) >= 11 is 2.08. The first-order chi connectivity index (χ1) is 18.8. The number of aliphatic hydroxyl groups excluding tert-OH is 1. The normalized spacial score (nSPS) is 21.1. The van der Waals surface area contributed by atoms with Crippen LogP contribution in [0, 0.1) is 6.92 Å². The molecule has 4 atom stereocenters. The molecule has 2 N–H and O–H groups in total. The van der Waals surface area contributed by atoms with Gasteiger partial charge < -0.3 is 19.3 Å². The fourth-order valence-corrected chi connectivity index (χ4v) is 5.95. The minimum absolute atomic E-state index is 0.0318. The van der Waals surface area contributed by atoms with Gasteiger partial charge in [-0.05, 0) is 35.7 Å².